The molecule has 0 bridgehead atoms. The average Bonchev–Trinajstić information content (AvgIpc) is 3.17. The molecule has 1 saturated carbocycles. The summed E-state index contributed by atoms with van der Waals surface area (Å²) in [6, 6.07) is 3.93. The summed E-state index contributed by atoms with van der Waals surface area (Å²) < 4.78 is 6.30. The molecule has 1 aliphatic carbocycles. The minimum absolute atomic E-state index is 0.135. The van der Waals surface area contributed by atoms with E-state index in [1.54, 1.807) is 4.90 Å². The number of hydrogen-bond acceptors (Lipinski definition) is 4. The molecule has 0 radical (unpaired) electrons. The number of amides is 1. The Morgan fingerprint density at radius 3 is 2.45 bits per heavy atom. The molecule has 1 heterocycles. The van der Waals surface area contributed by atoms with Crippen LogP contribution in [0.25, 0.3) is 0 Å². The standard InChI is InChI=1S/C16H24BrN3O2/c1-15(2,3)22-14(21)20(5)16(8-9-16)11-19(4)12-6-7-13(17)18-10-12/h6-7,10H,8-9,11H2,1-5H3. The van der Waals surface area contributed by atoms with Crippen LogP contribution in [-0.4, -0.2) is 47.8 Å². The van der Waals surface area contributed by atoms with Crippen LogP contribution >= 0.6 is 15.9 Å². The van der Waals surface area contributed by atoms with Crippen molar-refractivity contribution in [2.45, 2.75) is 44.8 Å². The molecule has 0 N–H and O–H groups in total. The lowest BCUT2D eigenvalue weighted by Gasteiger charge is -2.34. The Morgan fingerprint density at radius 1 is 1.36 bits per heavy atom. The van der Waals surface area contributed by atoms with Crippen molar-refractivity contribution in [2.24, 2.45) is 0 Å². The van der Waals surface area contributed by atoms with Gasteiger partial charge in [-0.2, -0.15) is 0 Å². The summed E-state index contributed by atoms with van der Waals surface area (Å²) in [5.74, 6) is 0. The van der Waals surface area contributed by atoms with E-state index in [9.17, 15) is 4.79 Å². The minimum atomic E-state index is -0.469. The highest BCUT2D eigenvalue weighted by molar-refractivity contribution is 9.10. The van der Waals surface area contributed by atoms with E-state index in [2.05, 4.69) is 25.8 Å². The summed E-state index contributed by atoms with van der Waals surface area (Å²) in [6.07, 6.45) is 3.56. The van der Waals surface area contributed by atoms with Gasteiger partial charge in [-0.1, -0.05) is 0 Å². The number of anilines is 1. The highest BCUT2D eigenvalue weighted by atomic mass is 79.9. The highest BCUT2D eigenvalue weighted by Crippen LogP contribution is 2.42. The molecule has 0 spiro atoms. The molecule has 6 heteroatoms. The second kappa shape index (κ2) is 6.07. The van der Waals surface area contributed by atoms with Crippen LogP contribution in [0.4, 0.5) is 10.5 Å². The van der Waals surface area contributed by atoms with Gasteiger partial charge in [0.05, 0.1) is 17.4 Å². The summed E-state index contributed by atoms with van der Waals surface area (Å²) in [6.45, 7) is 6.43. The van der Waals surface area contributed by atoms with E-state index in [-0.39, 0.29) is 11.6 Å². The van der Waals surface area contributed by atoms with Crippen LogP contribution < -0.4 is 4.90 Å². The third-order valence-electron chi connectivity index (χ3n) is 3.89. The number of hydrogen-bond donors (Lipinski definition) is 0. The van der Waals surface area contributed by atoms with Gasteiger partial charge < -0.3 is 14.5 Å². The number of nitrogens with zero attached hydrogens (tertiary/aromatic N) is 3. The maximum Gasteiger partial charge on any atom is 0.410 e. The zero-order valence-corrected chi connectivity index (χ0v) is 15.5. The summed E-state index contributed by atoms with van der Waals surface area (Å²) in [4.78, 5) is 20.4. The molecule has 0 aromatic carbocycles. The summed E-state index contributed by atoms with van der Waals surface area (Å²) in [5, 5.41) is 0. The van der Waals surface area contributed by atoms with Crippen LogP contribution in [-0.2, 0) is 4.74 Å². The lowest BCUT2D eigenvalue weighted by Crippen LogP contribution is -2.47. The maximum atomic E-state index is 12.3. The van der Waals surface area contributed by atoms with Crippen molar-refractivity contribution in [3.63, 3.8) is 0 Å². The molecule has 1 aromatic rings. The van der Waals surface area contributed by atoms with Gasteiger partial charge in [0.2, 0.25) is 0 Å². The fraction of sp³-hybridized carbons (Fsp3) is 0.625. The third kappa shape index (κ3) is 4.12. The number of halogens is 1. The van der Waals surface area contributed by atoms with E-state index in [1.807, 2.05) is 53.2 Å². The normalized spacial score (nSPS) is 16.1. The van der Waals surface area contributed by atoms with Gasteiger partial charge in [0.1, 0.15) is 10.2 Å². The molecule has 1 aromatic heterocycles. The Labute approximate surface area is 140 Å². The number of aromatic nitrogens is 1. The van der Waals surface area contributed by atoms with Crippen LogP contribution in [0.15, 0.2) is 22.9 Å². The van der Waals surface area contributed by atoms with E-state index >= 15 is 0 Å². The average molecular weight is 370 g/mol. The Hall–Kier alpha value is -1.30. The first-order chi connectivity index (χ1) is 10.1. The van der Waals surface area contributed by atoms with E-state index in [1.165, 1.54) is 0 Å². The topological polar surface area (TPSA) is 45.7 Å². The lowest BCUT2D eigenvalue weighted by atomic mass is 10.2. The van der Waals surface area contributed by atoms with Crippen molar-refractivity contribution in [2.75, 3.05) is 25.5 Å². The first kappa shape index (κ1) is 17.1. The van der Waals surface area contributed by atoms with Crippen molar-refractivity contribution >= 4 is 27.7 Å². The monoisotopic (exact) mass is 369 g/mol. The summed E-state index contributed by atoms with van der Waals surface area (Å²) in [7, 11) is 3.85. The number of pyridine rings is 1. The Kier molecular flexibility index (Phi) is 4.70. The number of rotatable bonds is 4. The minimum Gasteiger partial charge on any atom is -0.444 e. The molecule has 5 nitrogen and oxygen atoms in total. The third-order valence-corrected chi connectivity index (χ3v) is 4.36. The Bertz CT molecular complexity index is 535. The van der Waals surface area contributed by atoms with Crippen molar-refractivity contribution in [3.05, 3.63) is 22.9 Å². The van der Waals surface area contributed by atoms with Gasteiger partial charge in [-0.25, -0.2) is 9.78 Å². The van der Waals surface area contributed by atoms with Crippen molar-refractivity contribution in [1.29, 1.82) is 0 Å². The molecule has 0 atom stereocenters. The largest absolute Gasteiger partial charge is 0.444 e. The smallest absolute Gasteiger partial charge is 0.410 e. The predicted molar refractivity (Wildman–Crippen MR) is 91.2 cm³/mol. The van der Waals surface area contributed by atoms with Crippen molar-refractivity contribution in [3.8, 4) is 0 Å². The molecule has 0 unspecified atom stereocenters. The second-order valence-electron chi connectivity index (χ2n) is 6.96. The van der Waals surface area contributed by atoms with E-state index < -0.39 is 5.60 Å². The van der Waals surface area contributed by atoms with Crippen LogP contribution in [0, 0.1) is 0 Å². The first-order valence-electron chi connectivity index (χ1n) is 7.42. The molecule has 1 fully saturated rings. The Balaban J connectivity index is 2.02. The molecule has 1 amide bonds. The van der Waals surface area contributed by atoms with E-state index in [4.69, 9.17) is 4.74 Å². The van der Waals surface area contributed by atoms with Gasteiger partial charge in [-0.3, -0.25) is 0 Å². The fourth-order valence-electron chi connectivity index (χ4n) is 2.39. The van der Waals surface area contributed by atoms with Crippen LogP contribution in [0.5, 0.6) is 0 Å². The lowest BCUT2D eigenvalue weighted by molar-refractivity contribution is 0.0202. The van der Waals surface area contributed by atoms with Gasteiger partial charge in [0, 0.05) is 20.6 Å². The molecular weight excluding hydrogens is 346 g/mol. The predicted octanol–water partition coefficient (Wildman–Crippen LogP) is 3.68. The van der Waals surface area contributed by atoms with Gasteiger partial charge in [0.25, 0.3) is 0 Å². The van der Waals surface area contributed by atoms with Gasteiger partial charge in [-0.05, 0) is 61.7 Å². The van der Waals surface area contributed by atoms with Gasteiger partial charge in [0.15, 0.2) is 0 Å². The summed E-state index contributed by atoms with van der Waals surface area (Å²) in [5.41, 5.74) is 0.430. The zero-order chi connectivity index (χ0) is 16.5. The van der Waals surface area contributed by atoms with Gasteiger partial charge >= 0.3 is 6.09 Å². The van der Waals surface area contributed by atoms with Crippen LogP contribution in [0.2, 0.25) is 0 Å². The number of ether oxygens (including phenoxy) is 1. The molecule has 0 saturated heterocycles. The molecule has 0 aliphatic heterocycles. The molecule has 2 rings (SSSR count). The molecule has 1 aliphatic rings. The fourth-order valence-corrected chi connectivity index (χ4v) is 2.63. The molecule has 22 heavy (non-hydrogen) atoms. The Morgan fingerprint density at radius 2 is 2.00 bits per heavy atom. The van der Waals surface area contributed by atoms with Crippen LogP contribution in [0.3, 0.4) is 0 Å². The van der Waals surface area contributed by atoms with E-state index in [0.717, 1.165) is 29.7 Å². The highest BCUT2D eigenvalue weighted by Gasteiger charge is 2.50. The zero-order valence-electron chi connectivity index (χ0n) is 13.9. The first-order valence-corrected chi connectivity index (χ1v) is 8.22. The van der Waals surface area contributed by atoms with E-state index in [0.29, 0.717) is 0 Å². The SMILES string of the molecule is CN(CC1(N(C)C(=O)OC(C)(C)C)CC1)c1ccc(Br)nc1. The van der Waals surface area contributed by atoms with Gasteiger partial charge in [-0.15, -0.1) is 0 Å². The molecular formula is C16H24BrN3O2. The second-order valence-corrected chi connectivity index (χ2v) is 7.77. The van der Waals surface area contributed by atoms with Crippen molar-refractivity contribution < 1.29 is 9.53 Å². The number of likely N-dealkylation sites (N-methyl/N-ethyl adjacent to an activating group) is 2. The van der Waals surface area contributed by atoms with Crippen LogP contribution in [0.1, 0.15) is 33.6 Å². The number of carbonyl (C=O) groups is 1. The number of carbonyl (C=O) groups excluding carboxylic acids is 1. The molecule has 122 valence electrons. The summed E-state index contributed by atoms with van der Waals surface area (Å²) >= 11 is 3.34. The maximum absolute atomic E-state index is 12.3. The van der Waals surface area contributed by atoms with Crippen molar-refractivity contribution in [1.82, 2.24) is 9.88 Å². The quantitative estimate of drug-likeness (QED) is 0.759.